The van der Waals surface area contributed by atoms with E-state index in [0.29, 0.717) is 5.69 Å². The zero-order valence-corrected chi connectivity index (χ0v) is 13.5. The molecule has 1 aromatic carbocycles. The van der Waals surface area contributed by atoms with Crippen LogP contribution in [-0.4, -0.2) is 33.4 Å². The normalized spacial score (nSPS) is 12.0. The van der Waals surface area contributed by atoms with Crippen molar-refractivity contribution in [3.63, 3.8) is 0 Å². The van der Waals surface area contributed by atoms with E-state index >= 15 is 0 Å². The molecule has 9 heteroatoms. The van der Waals surface area contributed by atoms with Crippen molar-refractivity contribution in [3.8, 4) is 5.69 Å². The number of hydrogen-bond acceptors (Lipinski definition) is 5. The van der Waals surface area contributed by atoms with E-state index in [-0.39, 0.29) is 16.3 Å². The molecule has 0 aliphatic carbocycles. The van der Waals surface area contributed by atoms with Gasteiger partial charge in [0.1, 0.15) is 0 Å². The van der Waals surface area contributed by atoms with Crippen molar-refractivity contribution in [1.82, 2.24) is 18.7 Å². The van der Waals surface area contributed by atoms with Crippen molar-refractivity contribution in [2.45, 2.75) is 5.16 Å². The summed E-state index contributed by atoms with van der Waals surface area (Å²) >= 11 is 0. The van der Waals surface area contributed by atoms with E-state index in [4.69, 9.17) is 0 Å². The van der Waals surface area contributed by atoms with Gasteiger partial charge in [0.25, 0.3) is 5.56 Å². The number of sulfone groups is 1. The van der Waals surface area contributed by atoms with Crippen LogP contribution < -0.4 is 11.2 Å². The Hall–Kier alpha value is -2.68. The molecule has 0 N–H and O–H groups in total. The summed E-state index contributed by atoms with van der Waals surface area (Å²) in [7, 11) is -0.746. The molecule has 0 bridgehead atoms. The predicted octanol–water partition coefficient (Wildman–Crippen LogP) is -0.174. The fraction of sp³-hybridized carbons (Fsp3) is 0.214. The molecule has 120 valence electrons. The zero-order chi connectivity index (χ0) is 16.9. The molecule has 0 atom stereocenters. The van der Waals surface area contributed by atoms with Crippen LogP contribution in [0, 0.1) is 0 Å². The Morgan fingerprint density at radius 1 is 1.00 bits per heavy atom. The van der Waals surface area contributed by atoms with Crippen molar-refractivity contribution in [3.05, 3.63) is 51.2 Å². The number of aryl methyl sites for hydroxylation is 2. The van der Waals surface area contributed by atoms with Crippen LogP contribution in [0.25, 0.3) is 16.9 Å². The van der Waals surface area contributed by atoms with Gasteiger partial charge in [0.05, 0.1) is 5.69 Å². The average Bonchev–Trinajstić information content (AvgIpc) is 2.84. The van der Waals surface area contributed by atoms with Crippen LogP contribution in [0.5, 0.6) is 0 Å². The molecular formula is C14H14N4O4S. The second kappa shape index (κ2) is 4.92. The number of imidazole rings is 1. The molecule has 0 saturated heterocycles. The lowest BCUT2D eigenvalue weighted by molar-refractivity contribution is 0.586. The van der Waals surface area contributed by atoms with Crippen molar-refractivity contribution >= 4 is 21.0 Å². The smallest absolute Gasteiger partial charge is 0.312 e. The van der Waals surface area contributed by atoms with Gasteiger partial charge in [0.15, 0.2) is 11.2 Å². The summed E-state index contributed by atoms with van der Waals surface area (Å²) in [4.78, 5) is 29.2. The molecule has 0 aliphatic heterocycles. The van der Waals surface area contributed by atoms with Gasteiger partial charge in [-0.05, 0) is 12.1 Å². The number of hydrogen-bond donors (Lipinski definition) is 0. The zero-order valence-electron chi connectivity index (χ0n) is 12.7. The molecule has 2 aromatic heterocycles. The highest BCUT2D eigenvalue weighted by molar-refractivity contribution is 7.90. The molecule has 0 spiro atoms. The van der Waals surface area contributed by atoms with Gasteiger partial charge in [-0.3, -0.25) is 9.36 Å². The van der Waals surface area contributed by atoms with E-state index in [1.54, 1.807) is 30.3 Å². The predicted molar refractivity (Wildman–Crippen MR) is 84.7 cm³/mol. The van der Waals surface area contributed by atoms with E-state index in [9.17, 15) is 18.0 Å². The maximum absolute atomic E-state index is 12.8. The lowest BCUT2D eigenvalue weighted by Gasteiger charge is -2.08. The quantitative estimate of drug-likeness (QED) is 0.648. The summed E-state index contributed by atoms with van der Waals surface area (Å²) in [6, 6.07) is 8.43. The van der Waals surface area contributed by atoms with Gasteiger partial charge in [-0.1, -0.05) is 18.2 Å². The molecule has 0 amide bonds. The van der Waals surface area contributed by atoms with E-state index in [0.717, 1.165) is 10.8 Å². The van der Waals surface area contributed by atoms with Gasteiger partial charge >= 0.3 is 5.69 Å². The molecule has 0 fully saturated rings. The highest BCUT2D eigenvalue weighted by Gasteiger charge is 2.23. The Morgan fingerprint density at radius 3 is 2.17 bits per heavy atom. The number of nitrogens with zero attached hydrogens (tertiary/aromatic N) is 4. The minimum absolute atomic E-state index is 0.0371. The summed E-state index contributed by atoms with van der Waals surface area (Å²) in [5.74, 6) is 0. The van der Waals surface area contributed by atoms with Gasteiger partial charge in [-0.15, -0.1) is 0 Å². The number of rotatable bonds is 2. The lowest BCUT2D eigenvalue weighted by Crippen LogP contribution is -2.38. The number of fused-ring (bicyclic) bond motifs is 1. The first kappa shape index (κ1) is 15.2. The fourth-order valence-electron chi connectivity index (χ4n) is 2.51. The Bertz CT molecular complexity index is 1140. The third-order valence-electron chi connectivity index (χ3n) is 3.58. The largest absolute Gasteiger partial charge is 0.337 e. The summed E-state index contributed by atoms with van der Waals surface area (Å²) in [5.41, 5.74) is -0.709. The molecule has 23 heavy (non-hydrogen) atoms. The first-order valence-corrected chi connectivity index (χ1v) is 8.56. The summed E-state index contributed by atoms with van der Waals surface area (Å²) < 4.78 is 27.0. The third-order valence-corrected chi connectivity index (χ3v) is 4.61. The molecule has 0 saturated carbocycles. The molecule has 3 aromatic rings. The van der Waals surface area contributed by atoms with Gasteiger partial charge in [-0.2, -0.15) is 4.98 Å². The van der Waals surface area contributed by atoms with Gasteiger partial charge < -0.3 is 4.57 Å². The monoisotopic (exact) mass is 334 g/mol. The van der Waals surface area contributed by atoms with Crippen molar-refractivity contribution < 1.29 is 8.42 Å². The first-order valence-electron chi connectivity index (χ1n) is 6.67. The Kier molecular flexibility index (Phi) is 3.25. The summed E-state index contributed by atoms with van der Waals surface area (Å²) in [6.07, 6.45) is 1.00. The van der Waals surface area contributed by atoms with Gasteiger partial charge in [0, 0.05) is 20.4 Å². The Balaban J connectivity index is 2.55. The van der Waals surface area contributed by atoms with E-state index in [1.165, 1.54) is 23.2 Å². The number of para-hydroxylation sites is 1. The van der Waals surface area contributed by atoms with Crippen LogP contribution >= 0.6 is 0 Å². The van der Waals surface area contributed by atoms with Crippen LogP contribution in [0.4, 0.5) is 0 Å². The molecule has 3 rings (SSSR count). The molecular weight excluding hydrogens is 320 g/mol. The van der Waals surface area contributed by atoms with E-state index < -0.39 is 21.1 Å². The van der Waals surface area contributed by atoms with E-state index in [2.05, 4.69) is 4.98 Å². The fourth-order valence-corrected chi connectivity index (χ4v) is 3.35. The van der Waals surface area contributed by atoms with Crippen LogP contribution in [-0.2, 0) is 23.9 Å². The number of benzene rings is 1. The highest BCUT2D eigenvalue weighted by atomic mass is 32.2. The van der Waals surface area contributed by atoms with Gasteiger partial charge in [-0.25, -0.2) is 17.8 Å². The summed E-state index contributed by atoms with van der Waals surface area (Å²) in [6.45, 7) is 0. The molecule has 2 heterocycles. The molecule has 0 aliphatic rings. The first-order chi connectivity index (χ1) is 10.7. The lowest BCUT2D eigenvalue weighted by atomic mass is 10.3. The van der Waals surface area contributed by atoms with Crippen LogP contribution in [0.1, 0.15) is 0 Å². The molecule has 0 unspecified atom stereocenters. The SMILES string of the molecule is Cn1c(S(C)(=O)=O)nc2c1c(=O)n(-c1ccccc1)c(=O)n2C. The Morgan fingerprint density at radius 2 is 1.61 bits per heavy atom. The molecule has 8 nitrogen and oxygen atoms in total. The highest BCUT2D eigenvalue weighted by Crippen LogP contribution is 2.14. The minimum atomic E-state index is -3.63. The maximum Gasteiger partial charge on any atom is 0.337 e. The second-order valence-electron chi connectivity index (χ2n) is 5.22. The topological polar surface area (TPSA) is 96.0 Å². The van der Waals surface area contributed by atoms with Crippen molar-refractivity contribution in [1.29, 1.82) is 0 Å². The molecule has 0 radical (unpaired) electrons. The maximum atomic E-state index is 12.8. The third kappa shape index (κ3) is 2.20. The average molecular weight is 334 g/mol. The van der Waals surface area contributed by atoms with Crippen LogP contribution in [0.3, 0.4) is 0 Å². The second-order valence-corrected chi connectivity index (χ2v) is 7.12. The number of aromatic nitrogens is 4. The van der Waals surface area contributed by atoms with Crippen molar-refractivity contribution in [2.24, 2.45) is 14.1 Å². The standard InChI is InChI=1S/C14H14N4O4S/c1-16-10-11(15-13(16)23(3,21)22)17(2)14(20)18(12(10)19)9-7-5-4-6-8-9/h4-8H,1-3H3. The van der Waals surface area contributed by atoms with Crippen LogP contribution in [0.15, 0.2) is 45.1 Å². The van der Waals surface area contributed by atoms with E-state index in [1.807, 2.05) is 0 Å². The van der Waals surface area contributed by atoms with Gasteiger partial charge in [0.2, 0.25) is 15.0 Å². The van der Waals surface area contributed by atoms with Crippen molar-refractivity contribution in [2.75, 3.05) is 6.26 Å². The van der Waals surface area contributed by atoms with Crippen LogP contribution in [0.2, 0.25) is 0 Å². The minimum Gasteiger partial charge on any atom is -0.312 e. The Labute approximate surface area is 131 Å². The summed E-state index contributed by atoms with van der Waals surface area (Å²) in [5, 5.41) is -0.259.